The highest BCUT2D eigenvalue weighted by Gasteiger charge is 2.21. The maximum Gasteiger partial charge on any atom is 0.0748 e. The molecule has 0 spiro atoms. The van der Waals surface area contributed by atoms with Crippen molar-refractivity contribution < 1.29 is 9.47 Å². The summed E-state index contributed by atoms with van der Waals surface area (Å²) in [5, 5.41) is 0. The Balaban J connectivity index is 3.74. The molecular weight excluding hydrogens is 192 g/mol. The Morgan fingerprint density at radius 2 is 1.40 bits per heavy atom. The van der Waals surface area contributed by atoms with Crippen LogP contribution in [0.1, 0.15) is 34.1 Å². The first kappa shape index (κ1) is 14.8. The van der Waals surface area contributed by atoms with E-state index in [1.54, 1.807) is 0 Å². The van der Waals surface area contributed by atoms with E-state index in [0.29, 0.717) is 26.3 Å². The minimum atomic E-state index is -0.246. The fourth-order valence-electron chi connectivity index (χ4n) is 1.04. The molecule has 0 fully saturated rings. The van der Waals surface area contributed by atoms with Crippen LogP contribution >= 0.6 is 0 Å². The van der Waals surface area contributed by atoms with Crippen molar-refractivity contribution in [3.8, 4) is 0 Å². The van der Waals surface area contributed by atoms with E-state index in [0.717, 1.165) is 6.42 Å². The first-order valence-corrected chi connectivity index (χ1v) is 5.51. The molecule has 92 valence electrons. The lowest BCUT2D eigenvalue weighted by molar-refractivity contribution is -0.0670. The SMILES string of the molecule is CC(C)(CN)OCCC(C)(C)OCCN. The van der Waals surface area contributed by atoms with Gasteiger partial charge in [-0.05, 0) is 34.1 Å². The molecule has 0 amide bonds. The van der Waals surface area contributed by atoms with E-state index in [-0.39, 0.29) is 11.2 Å². The molecule has 0 saturated heterocycles. The van der Waals surface area contributed by atoms with Crippen LogP contribution in [-0.2, 0) is 9.47 Å². The molecule has 4 N–H and O–H groups in total. The molecule has 0 aromatic rings. The third-order valence-electron chi connectivity index (χ3n) is 2.30. The smallest absolute Gasteiger partial charge is 0.0748 e. The van der Waals surface area contributed by atoms with Gasteiger partial charge in [-0.3, -0.25) is 0 Å². The highest BCUT2D eigenvalue weighted by Crippen LogP contribution is 2.16. The predicted molar refractivity (Wildman–Crippen MR) is 62.8 cm³/mol. The Morgan fingerprint density at radius 3 is 1.87 bits per heavy atom. The lowest BCUT2D eigenvalue weighted by Gasteiger charge is -2.28. The molecule has 0 aromatic heterocycles. The molecular formula is C11H26N2O2. The molecule has 0 heterocycles. The summed E-state index contributed by atoms with van der Waals surface area (Å²) in [7, 11) is 0. The van der Waals surface area contributed by atoms with Crippen molar-refractivity contribution in [1.82, 2.24) is 0 Å². The van der Waals surface area contributed by atoms with E-state index in [1.165, 1.54) is 0 Å². The van der Waals surface area contributed by atoms with Crippen LogP contribution in [0.2, 0.25) is 0 Å². The molecule has 0 atom stereocenters. The van der Waals surface area contributed by atoms with Crippen molar-refractivity contribution in [3.63, 3.8) is 0 Å². The number of hydrogen-bond donors (Lipinski definition) is 2. The van der Waals surface area contributed by atoms with Gasteiger partial charge in [0.1, 0.15) is 0 Å². The first-order valence-electron chi connectivity index (χ1n) is 5.51. The first-order chi connectivity index (χ1) is 6.83. The summed E-state index contributed by atoms with van der Waals surface area (Å²) in [6, 6.07) is 0. The second-order valence-electron chi connectivity index (χ2n) is 4.96. The standard InChI is InChI=1S/C11H26N2O2/c1-10(2,15-8-6-12)5-7-14-11(3,4)9-13/h5-9,12-13H2,1-4H3. The average molecular weight is 218 g/mol. The quantitative estimate of drug-likeness (QED) is 0.634. The largest absolute Gasteiger partial charge is 0.374 e. The lowest BCUT2D eigenvalue weighted by atomic mass is 10.1. The summed E-state index contributed by atoms with van der Waals surface area (Å²) < 4.78 is 11.2. The summed E-state index contributed by atoms with van der Waals surface area (Å²) in [5.74, 6) is 0. The molecule has 0 saturated carbocycles. The summed E-state index contributed by atoms with van der Waals surface area (Å²) in [6.45, 7) is 10.4. The molecule has 0 aliphatic carbocycles. The Labute approximate surface area is 93.3 Å². The molecule has 0 bridgehead atoms. The van der Waals surface area contributed by atoms with Gasteiger partial charge in [-0.25, -0.2) is 0 Å². The number of nitrogens with two attached hydrogens (primary N) is 2. The average Bonchev–Trinajstić information content (AvgIpc) is 2.14. The van der Waals surface area contributed by atoms with E-state index in [2.05, 4.69) is 0 Å². The molecule has 15 heavy (non-hydrogen) atoms. The molecule has 0 radical (unpaired) electrons. The van der Waals surface area contributed by atoms with Crippen LogP contribution in [0.15, 0.2) is 0 Å². The summed E-state index contributed by atoms with van der Waals surface area (Å²) in [5.41, 5.74) is 10.5. The third-order valence-corrected chi connectivity index (χ3v) is 2.30. The molecule has 0 aliphatic rings. The zero-order chi connectivity index (χ0) is 11.9. The number of rotatable bonds is 8. The van der Waals surface area contributed by atoms with E-state index < -0.39 is 0 Å². The zero-order valence-electron chi connectivity index (χ0n) is 10.5. The van der Waals surface area contributed by atoms with Crippen LogP contribution in [-0.4, -0.2) is 37.5 Å². The van der Waals surface area contributed by atoms with Crippen LogP contribution in [0, 0.1) is 0 Å². The second-order valence-corrected chi connectivity index (χ2v) is 4.96. The van der Waals surface area contributed by atoms with E-state index in [4.69, 9.17) is 20.9 Å². The minimum absolute atomic E-state index is 0.177. The summed E-state index contributed by atoms with van der Waals surface area (Å²) in [4.78, 5) is 0. The highest BCUT2D eigenvalue weighted by atomic mass is 16.5. The van der Waals surface area contributed by atoms with Gasteiger partial charge in [-0.1, -0.05) is 0 Å². The van der Waals surface area contributed by atoms with Crippen LogP contribution in [0.3, 0.4) is 0 Å². The van der Waals surface area contributed by atoms with Crippen LogP contribution in [0.4, 0.5) is 0 Å². The maximum absolute atomic E-state index is 5.66. The van der Waals surface area contributed by atoms with Crippen LogP contribution in [0.25, 0.3) is 0 Å². The lowest BCUT2D eigenvalue weighted by Crippen LogP contribution is -2.36. The normalized spacial score (nSPS) is 13.2. The van der Waals surface area contributed by atoms with Crippen molar-refractivity contribution in [2.24, 2.45) is 11.5 Å². The second kappa shape index (κ2) is 6.43. The van der Waals surface area contributed by atoms with Crippen molar-refractivity contribution in [2.75, 3.05) is 26.3 Å². The van der Waals surface area contributed by atoms with Crippen LogP contribution < -0.4 is 11.5 Å². The van der Waals surface area contributed by atoms with Crippen molar-refractivity contribution >= 4 is 0 Å². The minimum Gasteiger partial charge on any atom is -0.374 e. The van der Waals surface area contributed by atoms with Crippen molar-refractivity contribution in [2.45, 2.75) is 45.3 Å². The van der Waals surface area contributed by atoms with Crippen molar-refractivity contribution in [1.29, 1.82) is 0 Å². The fraction of sp³-hybridized carbons (Fsp3) is 1.00. The molecule has 0 aliphatic heterocycles. The third kappa shape index (κ3) is 7.73. The molecule has 4 heteroatoms. The van der Waals surface area contributed by atoms with E-state index in [1.807, 2.05) is 27.7 Å². The molecule has 0 aromatic carbocycles. The Morgan fingerprint density at radius 1 is 0.867 bits per heavy atom. The molecule has 0 rings (SSSR count). The Hall–Kier alpha value is -0.160. The van der Waals surface area contributed by atoms with Gasteiger partial charge in [0.2, 0.25) is 0 Å². The monoisotopic (exact) mass is 218 g/mol. The topological polar surface area (TPSA) is 70.5 Å². The predicted octanol–water partition coefficient (Wildman–Crippen LogP) is 0.884. The molecule has 0 unspecified atom stereocenters. The van der Waals surface area contributed by atoms with Crippen LogP contribution in [0.5, 0.6) is 0 Å². The van der Waals surface area contributed by atoms with Gasteiger partial charge in [0.05, 0.1) is 24.4 Å². The number of ether oxygens (including phenoxy) is 2. The van der Waals surface area contributed by atoms with Gasteiger partial charge in [0, 0.05) is 13.1 Å². The van der Waals surface area contributed by atoms with E-state index in [9.17, 15) is 0 Å². The van der Waals surface area contributed by atoms with Gasteiger partial charge in [-0.15, -0.1) is 0 Å². The van der Waals surface area contributed by atoms with E-state index >= 15 is 0 Å². The Bertz CT molecular complexity index is 170. The van der Waals surface area contributed by atoms with Crippen molar-refractivity contribution in [3.05, 3.63) is 0 Å². The zero-order valence-corrected chi connectivity index (χ0v) is 10.5. The highest BCUT2D eigenvalue weighted by molar-refractivity contribution is 4.72. The van der Waals surface area contributed by atoms with Gasteiger partial charge in [0.15, 0.2) is 0 Å². The maximum atomic E-state index is 5.66. The fourth-order valence-corrected chi connectivity index (χ4v) is 1.04. The van der Waals surface area contributed by atoms with Gasteiger partial charge in [0.25, 0.3) is 0 Å². The van der Waals surface area contributed by atoms with Gasteiger partial charge in [-0.2, -0.15) is 0 Å². The van der Waals surface area contributed by atoms with Gasteiger partial charge >= 0.3 is 0 Å². The Kier molecular flexibility index (Phi) is 6.36. The molecule has 4 nitrogen and oxygen atoms in total. The van der Waals surface area contributed by atoms with Gasteiger partial charge < -0.3 is 20.9 Å². The summed E-state index contributed by atoms with van der Waals surface area (Å²) >= 11 is 0. The summed E-state index contributed by atoms with van der Waals surface area (Å²) in [6.07, 6.45) is 0.844. The number of hydrogen-bond acceptors (Lipinski definition) is 4.